The van der Waals surface area contributed by atoms with Gasteiger partial charge in [-0.05, 0) is 33.5 Å². The number of likely N-dealkylation sites (tertiary alicyclic amines) is 2. The van der Waals surface area contributed by atoms with Crippen LogP contribution in [-0.4, -0.2) is 48.6 Å². The van der Waals surface area contributed by atoms with Gasteiger partial charge in [0.05, 0.1) is 0 Å². The minimum Gasteiger partial charge on any atom is -0.303 e. The molecule has 0 aliphatic carbocycles. The molecule has 0 saturated carbocycles. The van der Waals surface area contributed by atoms with Crippen LogP contribution in [0.25, 0.3) is 0 Å². The Morgan fingerprint density at radius 1 is 1.20 bits per heavy atom. The lowest BCUT2D eigenvalue weighted by Gasteiger charge is -2.56. The summed E-state index contributed by atoms with van der Waals surface area (Å²) in [6.07, 6.45) is 1.42. The van der Waals surface area contributed by atoms with Gasteiger partial charge in [0.25, 0.3) is 0 Å². The van der Waals surface area contributed by atoms with E-state index in [1.807, 2.05) is 0 Å². The Morgan fingerprint density at radius 2 is 1.80 bits per heavy atom. The van der Waals surface area contributed by atoms with Crippen LogP contribution >= 0.6 is 0 Å². The molecule has 10 heavy (non-hydrogen) atoms. The number of hydrogen-bond acceptors (Lipinski definition) is 2. The largest absolute Gasteiger partial charge is 0.303 e. The average Bonchev–Trinajstić information content (AvgIpc) is 1.54. The van der Waals surface area contributed by atoms with Gasteiger partial charge in [-0.3, -0.25) is 4.90 Å². The smallest absolute Gasteiger partial charge is 0.0434 e. The predicted octanol–water partition coefficient (Wildman–Crippen LogP) is 0.396. The highest BCUT2D eigenvalue weighted by molar-refractivity contribution is 5.01. The van der Waals surface area contributed by atoms with Gasteiger partial charge in [-0.1, -0.05) is 0 Å². The van der Waals surface area contributed by atoms with Gasteiger partial charge in [-0.2, -0.15) is 0 Å². The molecule has 2 heteroatoms. The van der Waals surface area contributed by atoms with Gasteiger partial charge in [0.1, 0.15) is 0 Å². The summed E-state index contributed by atoms with van der Waals surface area (Å²) in [7, 11) is 2.20. The Kier molecular flexibility index (Phi) is 1.29. The maximum absolute atomic E-state index is 2.60. The SMILES string of the molecule is CN1CC(C)(N2CCC2)C1. The first kappa shape index (κ1) is 6.62. The Balaban J connectivity index is 1.91. The molecule has 0 N–H and O–H groups in total. The van der Waals surface area contributed by atoms with Crippen LogP contribution in [0.5, 0.6) is 0 Å². The van der Waals surface area contributed by atoms with Crippen molar-refractivity contribution in [2.45, 2.75) is 18.9 Å². The van der Waals surface area contributed by atoms with Crippen LogP contribution in [0, 0.1) is 0 Å². The summed E-state index contributed by atoms with van der Waals surface area (Å²) in [6, 6.07) is 0. The molecule has 2 aliphatic heterocycles. The normalized spacial score (nSPS) is 33.0. The first-order valence-corrected chi connectivity index (χ1v) is 4.14. The van der Waals surface area contributed by atoms with Crippen LogP contribution in [0.15, 0.2) is 0 Å². The molecule has 0 bridgehead atoms. The molecule has 2 rings (SSSR count). The molecule has 2 aliphatic rings. The van der Waals surface area contributed by atoms with Crippen LogP contribution in [0.4, 0.5) is 0 Å². The molecule has 0 amide bonds. The van der Waals surface area contributed by atoms with Gasteiger partial charge >= 0.3 is 0 Å². The lowest BCUT2D eigenvalue weighted by Crippen LogP contribution is -2.70. The van der Waals surface area contributed by atoms with Crippen molar-refractivity contribution in [1.29, 1.82) is 0 Å². The third kappa shape index (κ3) is 0.789. The van der Waals surface area contributed by atoms with Crippen molar-refractivity contribution in [1.82, 2.24) is 9.80 Å². The molecule has 0 radical (unpaired) electrons. The van der Waals surface area contributed by atoms with Crippen LogP contribution in [0.1, 0.15) is 13.3 Å². The summed E-state index contributed by atoms with van der Waals surface area (Å²) in [5.74, 6) is 0. The van der Waals surface area contributed by atoms with E-state index < -0.39 is 0 Å². The zero-order chi connectivity index (χ0) is 7.19. The topological polar surface area (TPSA) is 6.48 Å². The number of hydrogen-bond donors (Lipinski definition) is 0. The highest BCUT2D eigenvalue weighted by atomic mass is 15.4. The fourth-order valence-corrected chi connectivity index (χ4v) is 2.17. The lowest BCUT2D eigenvalue weighted by atomic mass is 9.88. The van der Waals surface area contributed by atoms with E-state index in [0.29, 0.717) is 5.54 Å². The van der Waals surface area contributed by atoms with Crippen molar-refractivity contribution in [3.8, 4) is 0 Å². The molecular weight excluding hydrogens is 124 g/mol. The molecule has 2 saturated heterocycles. The van der Waals surface area contributed by atoms with Gasteiger partial charge in [-0.15, -0.1) is 0 Å². The molecule has 0 aromatic carbocycles. The molecule has 2 nitrogen and oxygen atoms in total. The monoisotopic (exact) mass is 140 g/mol. The summed E-state index contributed by atoms with van der Waals surface area (Å²) >= 11 is 0. The Morgan fingerprint density at radius 3 is 2.10 bits per heavy atom. The molecule has 2 fully saturated rings. The van der Waals surface area contributed by atoms with Gasteiger partial charge < -0.3 is 4.90 Å². The van der Waals surface area contributed by atoms with Crippen molar-refractivity contribution in [2.75, 3.05) is 33.2 Å². The molecule has 0 spiro atoms. The second kappa shape index (κ2) is 1.95. The molecule has 0 aromatic rings. The van der Waals surface area contributed by atoms with E-state index in [0.717, 1.165) is 0 Å². The second-order valence-corrected chi connectivity index (χ2v) is 4.01. The van der Waals surface area contributed by atoms with E-state index in [1.54, 1.807) is 0 Å². The van der Waals surface area contributed by atoms with Crippen molar-refractivity contribution in [3.63, 3.8) is 0 Å². The Labute approximate surface area is 62.8 Å². The van der Waals surface area contributed by atoms with Crippen LogP contribution in [-0.2, 0) is 0 Å². The van der Waals surface area contributed by atoms with Gasteiger partial charge in [-0.25, -0.2) is 0 Å². The summed E-state index contributed by atoms with van der Waals surface area (Å²) in [4.78, 5) is 4.99. The van der Waals surface area contributed by atoms with E-state index in [-0.39, 0.29) is 0 Å². The van der Waals surface area contributed by atoms with Gasteiger partial charge in [0.15, 0.2) is 0 Å². The Bertz CT molecular complexity index is 134. The molecular formula is C8H16N2. The van der Waals surface area contributed by atoms with Crippen molar-refractivity contribution < 1.29 is 0 Å². The maximum atomic E-state index is 2.60. The van der Waals surface area contributed by atoms with Crippen molar-refractivity contribution >= 4 is 0 Å². The fourth-order valence-electron chi connectivity index (χ4n) is 2.17. The van der Waals surface area contributed by atoms with E-state index >= 15 is 0 Å². The second-order valence-electron chi connectivity index (χ2n) is 4.01. The minimum absolute atomic E-state index is 0.549. The number of nitrogens with zero attached hydrogens (tertiary/aromatic N) is 2. The number of likely N-dealkylation sites (N-methyl/N-ethyl adjacent to an activating group) is 1. The number of rotatable bonds is 1. The highest BCUT2D eigenvalue weighted by Crippen LogP contribution is 2.29. The van der Waals surface area contributed by atoms with Gasteiger partial charge in [0, 0.05) is 18.6 Å². The predicted molar refractivity (Wildman–Crippen MR) is 42.1 cm³/mol. The highest BCUT2D eigenvalue weighted by Gasteiger charge is 2.43. The summed E-state index contributed by atoms with van der Waals surface area (Å²) in [5.41, 5.74) is 0.549. The standard InChI is InChI=1S/C8H16N2/c1-8(6-9(2)7-8)10-4-3-5-10/h3-7H2,1-2H3. The third-order valence-corrected chi connectivity index (χ3v) is 2.84. The van der Waals surface area contributed by atoms with Crippen molar-refractivity contribution in [2.24, 2.45) is 0 Å². The molecule has 2 heterocycles. The molecule has 0 atom stereocenters. The third-order valence-electron chi connectivity index (χ3n) is 2.84. The zero-order valence-electron chi connectivity index (χ0n) is 6.93. The lowest BCUT2D eigenvalue weighted by molar-refractivity contribution is -0.0606. The van der Waals surface area contributed by atoms with Crippen LogP contribution < -0.4 is 0 Å². The summed E-state index contributed by atoms with van der Waals surface area (Å²) in [6.45, 7) is 7.60. The molecule has 58 valence electrons. The zero-order valence-corrected chi connectivity index (χ0v) is 6.93. The molecule has 0 unspecified atom stereocenters. The van der Waals surface area contributed by atoms with Crippen LogP contribution in [0.2, 0.25) is 0 Å². The average molecular weight is 140 g/mol. The quantitative estimate of drug-likeness (QED) is 0.520. The fraction of sp³-hybridized carbons (Fsp3) is 1.00. The van der Waals surface area contributed by atoms with Crippen LogP contribution in [0.3, 0.4) is 0 Å². The first-order valence-electron chi connectivity index (χ1n) is 4.14. The summed E-state index contributed by atoms with van der Waals surface area (Å²) in [5, 5.41) is 0. The summed E-state index contributed by atoms with van der Waals surface area (Å²) < 4.78 is 0. The minimum atomic E-state index is 0.549. The van der Waals surface area contributed by atoms with E-state index in [2.05, 4.69) is 23.8 Å². The molecule has 0 aromatic heterocycles. The van der Waals surface area contributed by atoms with E-state index in [9.17, 15) is 0 Å². The van der Waals surface area contributed by atoms with Gasteiger partial charge in [0.2, 0.25) is 0 Å². The van der Waals surface area contributed by atoms with E-state index in [1.165, 1.54) is 32.6 Å². The van der Waals surface area contributed by atoms with E-state index in [4.69, 9.17) is 0 Å². The Hall–Kier alpha value is -0.0800. The van der Waals surface area contributed by atoms with Crippen molar-refractivity contribution in [3.05, 3.63) is 0 Å². The maximum Gasteiger partial charge on any atom is 0.0434 e. The first-order chi connectivity index (χ1) is 4.71.